The Morgan fingerprint density at radius 2 is 1.85 bits per heavy atom. The lowest BCUT2D eigenvalue weighted by molar-refractivity contribution is -0.135. The van der Waals surface area contributed by atoms with E-state index >= 15 is 0 Å². The minimum absolute atomic E-state index is 0.0572. The van der Waals surface area contributed by atoms with Crippen molar-refractivity contribution < 1.29 is 17.6 Å². The van der Waals surface area contributed by atoms with Gasteiger partial charge in [-0.25, -0.2) is 12.8 Å². The molecule has 1 aliphatic rings. The van der Waals surface area contributed by atoms with Crippen LogP contribution in [0.25, 0.3) is 11.3 Å². The summed E-state index contributed by atoms with van der Waals surface area (Å²) in [5.74, 6) is -0.411. The Balaban J connectivity index is 1.24. The van der Waals surface area contributed by atoms with Crippen LogP contribution in [-0.2, 0) is 21.2 Å². The molecule has 0 bridgehead atoms. The lowest BCUT2D eigenvalue weighted by atomic mass is 9.96. The van der Waals surface area contributed by atoms with Crippen molar-refractivity contribution in [1.82, 2.24) is 19.4 Å². The number of halogens is 1. The highest BCUT2D eigenvalue weighted by Crippen LogP contribution is 2.25. The Bertz CT molecular complexity index is 1220. The van der Waals surface area contributed by atoms with Gasteiger partial charge < -0.3 is 4.90 Å². The number of aromatic nitrogens is 2. The predicted octanol–water partition coefficient (Wildman–Crippen LogP) is 3.71. The van der Waals surface area contributed by atoms with E-state index in [1.165, 1.54) is 16.4 Å². The van der Waals surface area contributed by atoms with Crippen LogP contribution < -0.4 is 0 Å². The van der Waals surface area contributed by atoms with Crippen LogP contribution in [-0.4, -0.2) is 60.4 Å². The van der Waals surface area contributed by atoms with E-state index < -0.39 is 10.0 Å². The van der Waals surface area contributed by atoms with E-state index in [1.807, 2.05) is 12.1 Å². The van der Waals surface area contributed by atoms with Crippen LogP contribution in [0.5, 0.6) is 0 Å². The third-order valence-electron chi connectivity index (χ3n) is 6.25. The second-order valence-electron chi connectivity index (χ2n) is 8.64. The highest BCUT2D eigenvalue weighted by atomic mass is 32.2. The van der Waals surface area contributed by atoms with Crippen molar-refractivity contribution in [2.75, 3.05) is 26.7 Å². The number of rotatable bonds is 8. The summed E-state index contributed by atoms with van der Waals surface area (Å²) in [6.45, 7) is 1.28. The molecular weight excluding hydrogens is 455 g/mol. The lowest BCUT2D eigenvalue weighted by Crippen LogP contribution is -2.43. The van der Waals surface area contributed by atoms with Crippen LogP contribution >= 0.6 is 0 Å². The zero-order valence-electron chi connectivity index (χ0n) is 19.2. The van der Waals surface area contributed by atoms with Crippen molar-refractivity contribution in [3.8, 4) is 11.3 Å². The molecule has 1 saturated heterocycles. The number of nitrogens with zero attached hydrogens (tertiary/aromatic N) is 3. The number of amides is 1. The number of carbonyl (C=O) groups is 1. The third kappa shape index (κ3) is 5.53. The molecule has 34 heavy (non-hydrogen) atoms. The Labute approximate surface area is 199 Å². The van der Waals surface area contributed by atoms with Crippen LogP contribution in [0.3, 0.4) is 0 Å². The van der Waals surface area contributed by atoms with Gasteiger partial charge in [-0.3, -0.25) is 9.89 Å². The fourth-order valence-corrected chi connectivity index (χ4v) is 5.79. The molecule has 0 atom stereocenters. The first-order valence-corrected chi connectivity index (χ1v) is 12.9. The average molecular weight is 485 g/mol. The Morgan fingerprint density at radius 1 is 1.12 bits per heavy atom. The summed E-state index contributed by atoms with van der Waals surface area (Å²) in [5.41, 5.74) is 2.34. The number of benzene rings is 2. The molecule has 180 valence electrons. The van der Waals surface area contributed by atoms with Gasteiger partial charge in [-0.05, 0) is 56.0 Å². The molecule has 4 rings (SSSR count). The molecule has 7 nitrogen and oxygen atoms in total. The SMILES string of the molecule is CN(CCCc1cc(-c2cccc(F)c2)n[nH]1)C(=O)C1CCN(S(=O)(=O)c2ccccc2)CC1. The number of carbonyl (C=O) groups excluding carboxylic acids is 1. The number of aryl methyl sites for hydroxylation is 1. The van der Waals surface area contributed by atoms with Gasteiger partial charge in [0.1, 0.15) is 5.82 Å². The topological polar surface area (TPSA) is 86.4 Å². The van der Waals surface area contributed by atoms with Crippen molar-refractivity contribution >= 4 is 15.9 Å². The molecule has 0 saturated carbocycles. The molecule has 0 aliphatic carbocycles. The summed E-state index contributed by atoms with van der Waals surface area (Å²) in [4.78, 5) is 14.9. The van der Waals surface area contributed by atoms with E-state index in [-0.39, 0.29) is 22.5 Å². The number of H-pyrrole nitrogens is 1. The van der Waals surface area contributed by atoms with E-state index in [9.17, 15) is 17.6 Å². The standard InChI is InChI=1S/C25H29FN4O3S/c1-29(14-6-9-22-18-24(28-27-22)20-7-5-8-21(26)17-20)25(31)19-12-15-30(16-13-19)34(32,33)23-10-3-2-4-11-23/h2-5,7-8,10-11,17-19H,6,9,12-16H2,1H3,(H,27,28). The van der Waals surface area contributed by atoms with E-state index in [1.54, 1.807) is 48.3 Å². The minimum atomic E-state index is -3.52. The number of sulfonamides is 1. The number of piperidine rings is 1. The van der Waals surface area contributed by atoms with E-state index in [0.717, 1.165) is 17.7 Å². The molecule has 1 N–H and O–H groups in total. The normalized spacial score (nSPS) is 15.4. The zero-order valence-corrected chi connectivity index (χ0v) is 20.0. The lowest BCUT2D eigenvalue weighted by Gasteiger charge is -2.32. The number of aromatic amines is 1. The number of hydrogen-bond donors (Lipinski definition) is 1. The summed E-state index contributed by atoms with van der Waals surface area (Å²) in [5, 5.41) is 7.24. The Kier molecular flexibility index (Phi) is 7.43. The van der Waals surface area contributed by atoms with Gasteiger partial charge in [-0.1, -0.05) is 30.3 Å². The van der Waals surface area contributed by atoms with Gasteiger partial charge in [0.25, 0.3) is 0 Å². The Hall–Kier alpha value is -3.04. The molecule has 3 aromatic rings. The largest absolute Gasteiger partial charge is 0.346 e. The van der Waals surface area contributed by atoms with Crippen LogP contribution in [0.2, 0.25) is 0 Å². The van der Waals surface area contributed by atoms with E-state index in [2.05, 4.69) is 10.2 Å². The van der Waals surface area contributed by atoms with Crippen molar-refractivity contribution in [2.24, 2.45) is 5.92 Å². The van der Waals surface area contributed by atoms with Crippen molar-refractivity contribution in [3.05, 3.63) is 72.2 Å². The predicted molar refractivity (Wildman–Crippen MR) is 128 cm³/mol. The van der Waals surface area contributed by atoms with Gasteiger partial charge in [0.2, 0.25) is 15.9 Å². The summed E-state index contributed by atoms with van der Waals surface area (Å²) in [7, 11) is -1.73. The third-order valence-corrected chi connectivity index (χ3v) is 8.16. The molecule has 2 aromatic carbocycles. The fourth-order valence-electron chi connectivity index (χ4n) is 4.30. The van der Waals surface area contributed by atoms with Gasteiger partial charge in [0, 0.05) is 43.9 Å². The van der Waals surface area contributed by atoms with Crippen LogP contribution in [0.4, 0.5) is 4.39 Å². The molecule has 1 amide bonds. The maximum Gasteiger partial charge on any atom is 0.243 e. The monoisotopic (exact) mass is 484 g/mol. The zero-order chi connectivity index (χ0) is 24.1. The first-order valence-electron chi connectivity index (χ1n) is 11.4. The highest BCUT2D eigenvalue weighted by Gasteiger charge is 2.33. The molecule has 0 spiro atoms. The van der Waals surface area contributed by atoms with Crippen molar-refractivity contribution in [1.29, 1.82) is 0 Å². The van der Waals surface area contributed by atoms with Gasteiger partial charge in [0.15, 0.2) is 0 Å². The summed E-state index contributed by atoms with van der Waals surface area (Å²) < 4.78 is 40.5. The maximum atomic E-state index is 13.4. The number of hydrogen-bond acceptors (Lipinski definition) is 4. The molecule has 0 radical (unpaired) electrons. The molecule has 1 fully saturated rings. The molecule has 2 heterocycles. The quantitative estimate of drug-likeness (QED) is 0.528. The highest BCUT2D eigenvalue weighted by molar-refractivity contribution is 7.89. The van der Waals surface area contributed by atoms with Crippen molar-refractivity contribution in [3.63, 3.8) is 0 Å². The summed E-state index contributed by atoms with van der Waals surface area (Å²) in [6, 6.07) is 16.6. The summed E-state index contributed by atoms with van der Waals surface area (Å²) >= 11 is 0. The molecular formula is C25H29FN4O3S. The van der Waals surface area contributed by atoms with Gasteiger partial charge in [0.05, 0.1) is 10.6 Å². The Morgan fingerprint density at radius 3 is 2.56 bits per heavy atom. The van der Waals surface area contributed by atoms with Crippen LogP contribution in [0.15, 0.2) is 65.6 Å². The molecule has 1 aliphatic heterocycles. The van der Waals surface area contributed by atoms with Crippen LogP contribution in [0.1, 0.15) is 25.0 Å². The molecule has 9 heteroatoms. The first-order chi connectivity index (χ1) is 16.3. The fraction of sp³-hybridized carbons (Fsp3) is 0.360. The summed E-state index contributed by atoms with van der Waals surface area (Å²) in [6.07, 6.45) is 2.52. The maximum absolute atomic E-state index is 13.4. The average Bonchev–Trinajstić information content (AvgIpc) is 3.33. The second-order valence-corrected chi connectivity index (χ2v) is 10.6. The van der Waals surface area contributed by atoms with Gasteiger partial charge in [-0.2, -0.15) is 9.40 Å². The molecule has 1 aromatic heterocycles. The van der Waals surface area contributed by atoms with E-state index in [4.69, 9.17) is 0 Å². The van der Waals surface area contributed by atoms with Gasteiger partial charge in [-0.15, -0.1) is 0 Å². The van der Waals surface area contributed by atoms with Gasteiger partial charge >= 0.3 is 0 Å². The first kappa shape index (κ1) is 24.1. The molecule has 0 unspecified atom stereocenters. The van der Waals surface area contributed by atoms with Crippen LogP contribution in [0, 0.1) is 11.7 Å². The minimum Gasteiger partial charge on any atom is -0.346 e. The smallest absolute Gasteiger partial charge is 0.243 e. The van der Waals surface area contributed by atoms with Crippen molar-refractivity contribution in [2.45, 2.75) is 30.6 Å². The van der Waals surface area contributed by atoms with E-state index in [0.29, 0.717) is 44.6 Å². The number of nitrogens with one attached hydrogen (secondary N) is 1. The second kappa shape index (κ2) is 10.5.